The Labute approximate surface area is 309 Å². The van der Waals surface area contributed by atoms with Gasteiger partial charge in [0, 0.05) is 19.1 Å². The summed E-state index contributed by atoms with van der Waals surface area (Å²) in [5, 5.41) is 12.0. The number of hydrogen-bond donors (Lipinski definition) is 1. The lowest BCUT2D eigenvalue weighted by molar-refractivity contribution is -0.160. The maximum absolute atomic E-state index is 12.6. The molecule has 7 rings (SSSR count). The minimum absolute atomic E-state index is 0.230. The fourth-order valence-corrected chi connectivity index (χ4v) is 6.15. The summed E-state index contributed by atoms with van der Waals surface area (Å²) in [5.74, 6) is 1.66. The van der Waals surface area contributed by atoms with E-state index in [9.17, 15) is 9.90 Å². The van der Waals surface area contributed by atoms with E-state index in [0.29, 0.717) is 59.7 Å². The molecule has 0 saturated carbocycles. The molecule has 8 heteroatoms. The Hall–Kier alpha value is -6.25. The van der Waals surface area contributed by atoms with Crippen LogP contribution in [0.25, 0.3) is 0 Å². The fourth-order valence-electron chi connectivity index (χ4n) is 6.15. The largest absolute Gasteiger partial charge is 0.489 e. The van der Waals surface area contributed by atoms with Gasteiger partial charge in [-0.1, -0.05) is 127 Å². The van der Waals surface area contributed by atoms with Crippen LogP contribution in [0.5, 0.6) is 28.7 Å². The third kappa shape index (κ3) is 8.98. The van der Waals surface area contributed by atoms with Crippen LogP contribution in [0.4, 0.5) is 0 Å². The number of esters is 1. The lowest BCUT2D eigenvalue weighted by Crippen LogP contribution is -2.37. The Morgan fingerprint density at radius 1 is 0.566 bits per heavy atom. The number of aliphatic hydroxyl groups excluding tert-OH is 1. The number of hydrogen-bond acceptors (Lipinski definition) is 8. The van der Waals surface area contributed by atoms with E-state index in [2.05, 4.69) is 0 Å². The smallest absolute Gasteiger partial charge is 0.303 e. The molecule has 3 unspecified atom stereocenters. The van der Waals surface area contributed by atoms with E-state index in [-0.39, 0.29) is 6.61 Å². The first-order valence-corrected chi connectivity index (χ1v) is 17.5. The summed E-state index contributed by atoms with van der Waals surface area (Å²) in [6.07, 6.45) is -3.38. The van der Waals surface area contributed by atoms with Crippen molar-refractivity contribution in [2.75, 3.05) is 0 Å². The second-order valence-corrected chi connectivity index (χ2v) is 12.7. The van der Waals surface area contributed by atoms with Gasteiger partial charge in [0.2, 0.25) is 0 Å². The van der Waals surface area contributed by atoms with Gasteiger partial charge in [0.1, 0.15) is 49.8 Å². The number of ether oxygens (including phenoxy) is 6. The molecule has 0 spiro atoms. The molecular weight excluding hydrogens is 668 g/mol. The van der Waals surface area contributed by atoms with Gasteiger partial charge in [0.25, 0.3) is 0 Å². The van der Waals surface area contributed by atoms with Gasteiger partial charge in [-0.2, -0.15) is 0 Å². The van der Waals surface area contributed by atoms with Crippen molar-refractivity contribution < 1.29 is 38.3 Å². The summed E-state index contributed by atoms with van der Waals surface area (Å²) >= 11 is 0. The molecule has 0 bridgehead atoms. The summed E-state index contributed by atoms with van der Waals surface area (Å²) in [6.45, 7) is 2.48. The Morgan fingerprint density at radius 3 is 1.55 bits per heavy atom. The third-order valence-corrected chi connectivity index (χ3v) is 8.79. The van der Waals surface area contributed by atoms with Crippen molar-refractivity contribution in [2.24, 2.45) is 0 Å². The van der Waals surface area contributed by atoms with Gasteiger partial charge in [0.05, 0.1) is 5.56 Å². The number of carbonyl (C=O) groups is 1. The molecule has 268 valence electrons. The molecule has 0 aromatic heterocycles. The summed E-state index contributed by atoms with van der Waals surface area (Å²) in [6, 6.07) is 48.1. The Morgan fingerprint density at radius 2 is 1.04 bits per heavy atom. The van der Waals surface area contributed by atoms with Crippen LogP contribution in [0.15, 0.2) is 152 Å². The first-order chi connectivity index (χ1) is 26.0. The first-order valence-electron chi connectivity index (χ1n) is 17.5. The molecule has 0 saturated heterocycles. The van der Waals surface area contributed by atoms with Gasteiger partial charge in [-0.25, -0.2) is 0 Å². The van der Waals surface area contributed by atoms with Gasteiger partial charge in [-0.05, 0) is 39.9 Å². The van der Waals surface area contributed by atoms with E-state index >= 15 is 0 Å². The van der Waals surface area contributed by atoms with Gasteiger partial charge in [-0.15, -0.1) is 0 Å². The molecule has 1 heterocycles. The maximum Gasteiger partial charge on any atom is 0.303 e. The topological polar surface area (TPSA) is 92.7 Å². The quantitative estimate of drug-likeness (QED) is 0.112. The van der Waals surface area contributed by atoms with Crippen molar-refractivity contribution in [3.8, 4) is 28.7 Å². The lowest BCUT2D eigenvalue weighted by atomic mass is 9.91. The average Bonchev–Trinajstić information content (AvgIpc) is 3.20. The third-order valence-electron chi connectivity index (χ3n) is 8.79. The highest BCUT2D eigenvalue weighted by atomic mass is 16.6. The van der Waals surface area contributed by atoms with Crippen LogP contribution >= 0.6 is 0 Å². The minimum atomic E-state index is -1.31. The highest BCUT2D eigenvalue weighted by Crippen LogP contribution is 2.50. The summed E-state index contributed by atoms with van der Waals surface area (Å²) in [7, 11) is 0. The van der Waals surface area contributed by atoms with E-state index in [4.69, 9.17) is 28.4 Å². The van der Waals surface area contributed by atoms with Crippen LogP contribution in [0, 0.1) is 0 Å². The highest BCUT2D eigenvalue weighted by molar-refractivity contribution is 5.67. The lowest BCUT2D eigenvalue weighted by Gasteiger charge is -2.37. The second-order valence-electron chi connectivity index (χ2n) is 12.7. The molecule has 0 fully saturated rings. The number of benzene rings is 6. The molecule has 1 aliphatic rings. The van der Waals surface area contributed by atoms with Crippen molar-refractivity contribution in [1.82, 2.24) is 0 Å². The van der Waals surface area contributed by atoms with Crippen LogP contribution in [-0.4, -0.2) is 17.2 Å². The van der Waals surface area contributed by atoms with Gasteiger partial charge < -0.3 is 33.5 Å². The van der Waals surface area contributed by atoms with E-state index < -0.39 is 24.3 Å². The number of fused-ring (bicyclic) bond motifs is 1. The average molecular weight is 709 g/mol. The molecule has 8 nitrogen and oxygen atoms in total. The molecule has 6 aromatic rings. The zero-order valence-electron chi connectivity index (χ0n) is 29.3. The van der Waals surface area contributed by atoms with E-state index in [1.54, 1.807) is 24.3 Å². The summed E-state index contributed by atoms with van der Waals surface area (Å²) in [4.78, 5) is 12.6. The van der Waals surface area contributed by atoms with Crippen LogP contribution in [0.3, 0.4) is 0 Å². The van der Waals surface area contributed by atoms with E-state index in [0.717, 1.165) is 22.3 Å². The van der Waals surface area contributed by atoms with Crippen LogP contribution < -0.4 is 23.7 Å². The van der Waals surface area contributed by atoms with E-state index in [1.165, 1.54) is 6.92 Å². The van der Waals surface area contributed by atoms with Crippen LogP contribution in [0.2, 0.25) is 0 Å². The van der Waals surface area contributed by atoms with Crippen molar-refractivity contribution in [1.29, 1.82) is 0 Å². The van der Waals surface area contributed by atoms with Crippen molar-refractivity contribution in [2.45, 2.75) is 51.7 Å². The monoisotopic (exact) mass is 708 g/mol. The van der Waals surface area contributed by atoms with E-state index in [1.807, 2.05) is 127 Å². The van der Waals surface area contributed by atoms with Crippen molar-refractivity contribution >= 4 is 5.97 Å². The highest BCUT2D eigenvalue weighted by Gasteiger charge is 2.43. The number of rotatable bonds is 14. The van der Waals surface area contributed by atoms with Gasteiger partial charge in [0.15, 0.2) is 23.7 Å². The predicted molar refractivity (Wildman–Crippen MR) is 200 cm³/mol. The molecule has 53 heavy (non-hydrogen) atoms. The zero-order chi connectivity index (χ0) is 36.4. The predicted octanol–water partition coefficient (Wildman–Crippen LogP) is 9.10. The molecule has 0 aliphatic carbocycles. The summed E-state index contributed by atoms with van der Waals surface area (Å²) in [5.41, 5.74) is 4.92. The molecule has 0 amide bonds. The molecule has 1 aliphatic heterocycles. The standard InChI is InChI=1S/C45H40O8/c1-31(46)52-45-42-40(51-30-35-20-12-5-13-21-35)25-37(48-27-32-14-6-2-7-15-32)26-41(42)53-44(43(45)47)36-22-23-38(49-28-33-16-8-3-9-17-33)39(24-36)50-29-34-18-10-4-11-19-34/h2-26,43-45,47H,27-30H2,1H3. The molecule has 1 N–H and O–H groups in total. The first kappa shape index (κ1) is 35.2. The zero-order valence-corrected chi connectivity index (χ0v) is 29.3. The van der Waals surface area contributed by atoms with Gasteiger partial charge in [-0.3, -0.25) is 4.79 Å². The normalized spacial score (nSPS) is 16.1. The minimum Gasteiger partial charge on any atom is -0.489 e. The van der Waals surface area contributed by atoms with Crippen LogP contribution in [-0.2, 0) is 36.0 Å². The number of aliphatic hydroxyl groups is 1. The van der Waals surface area contributed by atoms with Gasteiger partial charge >= 0.3 is 5.97 Å². The van der Waals surface area contributed by atoms with Crippen molar-refractivity contribution in [3.05, 3.63) is 185 Å². The van der Waals surface area contributed by atoms with Crippen molar-refractivity contribution in [3.63, 3.8) is 0 Å². The molecular formula is C45H40O8. The fraction of sp³-hybridized carbons (Fsp3) is 0.178. The molecule has 3 atom stereocenters. The SMILES string of the molecule is CC(=O)OC1c2c(OCc3ccccc3)cc(OCc3ccccc3)cc2OC(c2ccc(OCc3ccccc3)c(OCc3ccccc3)c2)C1O. The maximum atomic E-state index is 12.6. The Bertz CT molecular complexity index is 2090. The number of carbonyl (C=O) groups excluding carboxylic acids is 1. The molecule has 0 radical (unpaired) electrons. The Kier molecular flexibility index (Phi) is 11.2. The molecule has 6 aromatic carbocycles. The second kappa shape index (κ2) is 16.8. The van der Waals surface area contributed by atoms with Crippen LogP contribution in [0.1, 0.15) is 52.5 Å². The summed E-state index contributed by atoms with van der Waals surface area (Å²) < 4.78 is 37.6. The Balaban J connectivity index is 1.24.